The van der Waals surface area contributed by atoms with Gasteiger partial charge in [-0.25, -0.2) is 4.79 Å². The van der Waals surface area contributed by atoms with Gasteiger partial charge in [0.25, 0.3) is 11.5 Å². The standard InChI is InChI=1S/C29H26F3N5O3/c1-16-5-7-20(14-21(16)22-12-18-15-33-17(2)11-25(18)36(4)27(22)39)34-26(38)23-13-19(29(30,31)32)6-8-24(23)37-10-9-35(3)28(37)40/h5-8,11-15H,9-10H2,1-4H3,(H,34,38). The Hall–Kier alpha value is -4.67. The zero-order valence-corrected chi connectivity index (χ0v) is 22.3. The fourth-order valence-corrected chi connectivity index (χ4v) is 4.85. The van der Waals surface area contributed by atoms with Crippen molar-refractivity contribution in [2.45, 2.75) is 20.0 Å². The maximum absolute atomic E-state index is 13.5. The molecule has 11 heteroatoms. The van der Waals surface area contributed by atoms with E-state index in [-0.39, 0.29) is 29.0 Å². The molecule has 1 aliphatic heterocycles. The normalized spacial score (nSPS) is 13.8. The van der Waals surface area contributed by atoms with Crippen LogP contribution < -0.4 is 15.8 Å². The van der Waals surface area contributed by atoms with E-state index >= 15 is 0 Å². The SMILES string of the molecule is Cc1cc2c(cn1)cc(-c1cc(NC(=O)c3cc(C(F)(F)F)ccc3N3CCN(C)C3=O)ccc1C)c(=O)n2C. The lowest BCUT2D eigenvalue weighted by molar-refractivity contribution is -0.137. The van der Waals surface area contributed by atoms with Crippen LogP contribution in [0.4, 0.5) is 29.3 Å². The van der Waals surface area contributed by atoms with Gasteiger partial charge < -0.3 is 14.8 Å². The smallest absolute Gasteiger partial charge is 0.326 e. The molecule has 5 rings (SSSR count). The van der Waals surface area contributed by atoms with Gasteiger partial charge in [0.05, 0.1) is 22.3 Å². The van der Waals surface area contributed by atoms with Crippen molar-refractivity contribution < 1.29 is 22.8 Å². The van der Waals surface area contributed by atoms with E-state index in [0.717, 1.165) is 40.4 Å². The van der Waals surface area contributed by atoms with Gasteiger partial charge in [0.15, 0.2) is 0 Å². The molecule has 2 aromatic carbocycles. The monoisotopic (exact) mass is 549 g/mol. The summed E-state index contributed by atoms with van der Waals surface area (Å²) in [5.74, 6) is -0.815. The molecule has 3 heterocycles. The first-order valence-electron chi connectivity index (χ1n) is 12.5. The Morgan fingerprint density at radius 3 is 2.38 bits per heavy atom. The molecule has 0 unspecified atom stereocenters. The van der Waals surface area contributed by atoms with Gasteiger partial charge in [-0.3, -0.25) is 19.5 Å². The Kier molecular flexibility index (Phi) is 6.61. The number of alkyl halides is 3. The number of benzene rings is 2. The highest BCUT2D eigenvalue weighted by Crippen LogP contribution is 2.35. The predicted molar refractivity (Wildman–Crippen MR) is 147 cm³/mol. The molecule has 1 fully saturated rings. The minimum atomic E-state index is -4.68. The molecule has 0 atom stereocenters. The number of carbonyl (C=O) groups is 2. The summed E-state index contributed by atoms with van der Waals surface area (Å²) in [5.41, 5.74) is 2.03. The third kappa shape index (κ3) is 4.78. The van der Waals surface area contributed by atoms with Crippen LogP contribution in [0, 0.1) is 13.8 Å². The number of anilines is 2. The van der Waals surface area contributed by atoms with Gasteiger partial charge in [-0.1, -0.05) is 6.07 Å². The zero-order chi connectivity index (χ0) is 28.9. The van der Waals surface area contributed by atoms with Crippen molar-refractivity contribution in [2.24, 2.45) is 7.05 Å². The van der Waals surface area contributed by atoms with Gasteiger partial charge in [-0.05, 0) is 67.4 Å². The Morgan fingerprint density at radius 1 is 0.950 bits per heavy atom. The number of pyridine rings is 2. The topological polar surface area (TPSA) is 87.5 Å². The molecule has 40 heavy (non-hydrogen) atoms. The van der Waals surface area contributed by atoms with Gasteiger partial charge >= 0.3 is 12.2 Å². The number of hydrogen-bond donors (Lipinski definition) is 1. The van der Waals surface area contributed by atoms with Crippen LogP contribution in [-0.4, -0.2) is 46.5 Å². The van der Waals surface area contributed by atoms with E-state index in [2.05, 4.69) is 10.3 Å². The quantitative estimate of drug-likeness (QED) is 0.371. The zero-order valence-electron chi connectivity index (χ0n) is 22.3. The molecule has 0 radical (unpaired) electrons. The van der Waals surface area contributed by atoms with Crippen molar-refractivity contribution in [1.82, 2.24) is 14.5 Å². The second-order valence-electron chi connectivity index (χ2n) is 9.88. The molecular weight excluding hydrogens is 523 g/mol. The molecule has 0 spiro atoms. The summed E-state index contributed by atoms with van der Waals surface area (Å²) in [4.78, 5) is 46.3. The van der Waals surface area contributed by atoms with Crippen LogP contribution in [0.2, 0.25) is 0 Å². The molecule has 2 aromatic heterocycles. The van der Waals surface area contributed by atoms with Crippen LogP contribution in [0.3, 0.4) is 0 Å². The van der Waals surface area contributed by atoms with Crippen molar-refractivity contribution >= 4 is 34.2 Å². The van der Waals surface area contributed by atoms with E-state index in [9.17, 15) is 27.6 Å². The van der Waals surface area contributed by atoms with Gasteiger partial charge in [0, 0.05) is 55.7 Å². The molecule has 0 bridgehead atoms. The first kappa shape index (κ1) is 26.9. The average molecular weight is 550 g/mol. The highest BCUT2D eigenvalue weighted by molar-refractivity contribution is 6.11. The predicted octanol–water partition coefficient (Wildman–Crippen LogP) is 5.36. The molecule has 8 nitrogen and oxygen atoms in total. The van der Waals surface area contributed by atoms with Crippen LogP contribution in [0.5, 0.6) is 0 Å². The molecule has 4 aromatic rings. The Bertz CT molecular complexity index is 1750. The van der Waals surface area contributed by atoms with Crippen LogP contribution in [0.1, 0.15) is 27.2 Å². The van der Waals surface area contributed by atoms with Crippen LogP contribution in [0.15, 0.2) is 59.5 Å². The van der Waals surface area contributed by atoms with Crippen LogP contribution >= 0.6 is 0 Å². The lowest BCUT2D eigenvalue weighted by atomic mass is 9.99. The minimum Gasteiger partial charge on any atom is -0.326 e. The highest BCUT2D eigenvalue weighted by atomic mass is 19.4. The highest BCUT2D eigenvalue weighted by Gasteiger charge is 2.35. The second-order valence-corrected chi connectivity index (χ2v) is 9.88. The van der Waals surface area contributed by atoms with Crippen molar-refractivity contribution in [3.8, 4) is 11.1 Å². The summed E-state index contributed by atoms with van der Waals surface area (Å²) in [7, 11) is 3.25. The largest absolute Gasteiger partial charge is 0.416 e. The number of nitrogens with one attached hydrogen (secondary N) is 1. The van der Waals surface area contributed by atoms with E-state index < -0.39 is 23.7 Å². The summed E-state index contributed by atoms with van der Waals surface area (Å²) < 4.78 is 42.1. The number of carbonyl (C=O) groups excluding carboxylic acids is 2. The molecule has 1 aliphatic rings. The fourth-order valence-electron chi connectivity index (χ4n) is 4.85. The third-order valence-electron chi connectivity index (χ3n) is 7.11. The van der Waals surface area contributed by atoms with E-state index in [4.69, 9.17) is 0 Å². The lowest BCUT2D eigenvalue weighted by Gasteiger charge is -2.21. The number of nitrogens with zero attached hydrogens (tertiary/aromatic N) is 4. The van der Waals surface area contributed by atoms with Crippen molar-refractivity contribution in [3.63, 3.8) is 0 Å². The van der Waals surface area contributed by atoms with Gasteiger partial charge in [-0.15, -0.1) is 0 Å². The minimum absolute atomic E-state index is 0.0818. The summed E-state index contributed by atoms with van der Waals surface area (Å²) in [6.07, 6.45) is -3.00. The Balaban J connectivity index is 1.55. The molecule has 0 aliphatic carbocycles. The number of hydrogen-bond acceptors (Lipinski definition) is 4. The van der Waals surface area contributed by atoms with E-state index in [1.807, 2.05) is 19.9 Å². The number of urea groups is 1. The average Bonchev–Trinajstić information content (AvgIpc) is 3.24. The number of likely N-dealkylation sites (N-methyl/N-ethyl adjacent to an activating group) is 1. The third-order valence-corrected chi connectivity index (χ3v) is 7.11. The lowest BCUT2D eigenvalue weighted by Crippen LogP contribution is -2.31. The molecular formula is C29H26F3N5O3. The number of aryl methyl sites for hydroxylation is 3. The van der Waals surface area contributed by atoms with Crippen LogP contribution in [-0.2, 0) is 13.2 Å². The Labute approximate surface area is 227 Å². The second kappa shape index (κ2) is 9.82. The first-order valence-corrected chi connectivity index (χ1v) is 12.5. The van der Waals surface area contributed by atoms with Crippen molar-refractivity contribution in [1.29, 1.82) is 0 Å². The number of amides is 3. The maximum Gasteiger partial charge on any atom is 0.416 e. The van der Waals surface area contributed by atoms with Crippen molar-refractivity contribution in [3.05, 3.63) is 87.5 Å². The molecule has 1 N–H and O–H groups in total. The van der Waals surface area contributed by atoms with Gasteiger partial charge in [0.1, 0.15) is 0 Å². The molecule has 3 amide bonds. The number of halogens is 3. The fraction of sp³-hybridized carbons (Fsp3) is 0.241. The van der Waals surface area contributed by atoms with Crippen LogP contribution in [0.25, 0.3) is 22.0 Å². The first-order chi connectivity index (χ1) is 18.8. The molecule has 0 saturated carbocycles. The van der Waals surface area contributed by atoms with Crippen molar-refractivity contribution in [2.75, 3.05) is 30.4 Å². The molecule has 206 valence electrons. The van der Waals surface area contributed by atoms with E-state index in [0.29, 0.717) is 17.7 Å². The summed E-state index contributed by atoms with van der Waals surface area (Å²) in [6, 6.07) is 10.8. The number of aromatic nitrogens is 2. The van der Waals surface area contributed by atoms with Gasteiger partial charge in [-0.2, -0.15) is 13.2 Å². The van der Waals surface area contributed by atoms with E-state index in [1.165, 1.54) is 14.4 Å². The summed E-state index contributed by atoms with van der Waals surface area (Å²) >= 11 is 0. The number of fused-ring (bicyclic) bond motifs is 1. The van der Waals surface area contributed by atoms with E-state index in [1.54, 1.807) is 44.6 Å². The molecule has 1 saturated heterocycles. The number of rotatable bonds is 4. The summed E-state index contributed by atoms with van der Waals surface area (Å²) in [6.45, 7) is 4.26. The van der Waals surface area contributed by atoms with Gasteiger partial charge in [0.2, 0.25) is 0 Å². The summed E-state index contributed by atoms with van der Waals surface area (Å²) in [5, 5.41) is 3.42. The maximum atomic E-state index is 13.5. The Morgan fingerprint density at radius 2 is 1.70 bits per heavy atom.